The largest absolute Gasteiger partial charge is 0.328 e. The van der Waals surface area contributed by atoms with E-state index in [0.29, 0.717) is 15.9 Å². The number of carbonyl (C=O) groups is 1. The molecule has 1 N–H and O–H groups in total. The number of anilines is 1. The van der Waals surface area contributed by atoms with Crippen molar-refractivity contribution < 1.29 is 9.32 Å². The van der Waals surface area contributed by atoms with Crippen LogP contribution in [0.4, 0.5) is 6.01 Å². The zero-order valence-corrected chi connectivity index (χ0v) is 9.98. The van der Waals surface area contributed by atoms with E-state index in [1.54, 1.807) is 25.1 Å². The number of halogens is 1. The van der Waals surface area contributed by atoms with Gasteiger partial charge >= 0.3 is 6.01 Å². The Hall–Kier alpha value is -1.69. The fraction of sp³-hybridized carbons (Fsp3) is 0.100. The highest BCUT2D eigenvalue weighted by Gasteiger charge is 2.12. The summed E-state index contributed by atoms with van der Waals surface area (Å²) < 4.78 is 5.50. The molecule has 5 nitrogen and oxygen atoms in total. The molecule has 1 heterocycles. The molecule has 2 aromatic rings. The topological polar surface area (TPSA) is 68.0 Å². The second-order valence-electron chi connectivity index (χ2n) is 3.08. The normalized spacial score (nSPS) is 10.1. The van der Waals surface area contributed by atoms with Crippen molar-refractivity contribution in [2.75, 3.05) is 5.32 Å². The molecule has 6 heteroatoms. The summed E-state index contributed by atoms with van der Waals surface area (Å²) in [5.41, 5.74) is 0.512. The molecule has 16 heavy (non-hydrogen) atoms. The van der Waals surface area contributed by atoms with Crippen LogP contribution in [0.15, 0.2) is 33.3 Å². The lowest BCUT2D eigenvalue weighted by Crippen LogP contribution is -2.12. The van der Waals surface area contributed by atoms with Gasteiger partial charge in [-0.25, -0.2) is 0 Å². The molecule has 0 bridgehead atoms. The number of amides is 1. The zero-order valence-electron chi connectivity index (χ0n) is 8.40. The van der Waals surface area contributed by atoms with Gasteiger partial charge in [-0.1, -0.05) is 17.3 Å². The van der Waals surface area contributed by atoms with E-state index in [2.05, 4.69) is 31.4 Å². The van der Waals surface area contributed by atoms with E-state index in [0.717, 1.165) is 0 Å². The van der Waals surface area contributed by atoms with Gasteiger partial charge in [-0.2, -0.15) is 4.98 Å². The fourth-order valence-electron chi connectivity index (χ4n) is 1.16. The van der Waals surface area contributed by atoms with Crippen molar-refractivity contribution in [3.05, 3.63) is 40.1 Å². The van der Waals surface area contributed by atoms with Crippen molar-refractivity contribution in [2.45, 2.75) is 6.92 Å². The maximum atomic E-state index is 11.8. The van der Waals surface area contributed by atoms with Gasteiger partial charge in [0.15, 0.2) is 5.82 Å². The van der Waals surface area contributed by atoms with Crippen molar-refractivity contribution >= 4 is 27.9 Å². The molecule has 2 rings (SSSR count). The first-order valence-corrected chi connectivity index (χ1v) is 5.32. The summed E-state index contributed by atoms with van der Waals surface area (Å²) in [6.45, 7) is 1.68. The number of rotatable bonds is 2. The molecule has 0 spiro atoms. The highest BCUT2D eigenvalue weighted by molar-refractivity contribution is 9.10. The second-order valence-corrected chi connectivity index (χ2v) is 3.94. The Morgan fingerprint density at radius 3 is 2.81 bits per heavy atom. The van der Waals surface area contributed by atoms with E-state index >= 15 is 0 Å². The molecule has 1 amide bonds. The Bertz CT molecular complexity index is 524. The highest BCUT2D eigenvalue weighted by atomic mass is 79.9. The molecule has 0 saturated carbocycles. The van der Waals surface area contributed by atoms with E-state index in [9.17, 15) is 4.79 Å². The molecule has 0 saturated heterocycles. The quantitative estimate of drug-likeness (QED) is 0.918. The lowest BCUT2D eigenvalue weighted by Gasteiger charge is -2.01. The molecule has 1 aromatic carbocycles. The van der Waals surface area contributed by atoms with Crippen LogP contribution in [-0.2, 0) is 0 Å². The maximum absolute atomic E-state index is 11.8. The molecular weight excluding hydrogens is 274 g/mol. The summed E-state index contributed by atoms with van der Waals surface area (Å²) in [4.78, 5) is 15.7. The van der Waals surface area contributed by atoms with Crippen LogP contribution >= 0.6 is 15.9 Å². The van der Waals surface area contributed by atoms with Gasteiger partial charge in [0.2, 0.25) is 0 Å². The minimum atomic E-state index is -0.295. The molecule has 0 fully saturated rings. The summed E-state index contributed by atoms with van der Waals surface area (Å²) >= 11 is 3.29. The van der Waals surface area contributed by atoms with Gasteiger partial charge in [-0.15, -0.1) is 0 Å². The Morgan fingerprint density at radius 2 is 2.19 bits per heavy atom. The van der Waals surface area contributed by atoms with E-state index < -0.39 is 0 Å². The third-order valence-corrected chi connectivity index (χ3v) is 2.56. The van der Waals surface area contributed by atoms with Crippen molar-refractivity contribution in [3.63, 3.8) is 0 Å². The van der Waals surface area contributed by atoms with E-state index in [1.165, 1.54) is 0 Å². The Kier molecular flexibility index (Phi) is 3.00. The van der Waals surface area contributed by atoms with Gasteiger partial charge < -0.3 is 4.52 Å². The van der Waals surface area contributed by atoms with Crippen LogP contribution in [0.2, 0.25) is 0 Å². The van der Waals surface area contributed by atoms with E-state index in [-0.39, 0.29) is 11.9 Å². The second kappa shape index (κ2) is 4.44. The lowest BCUT2D eigenvalue weighted by atomic mass is 10.2. The van der Waals surface area contributed by atoms with Crippen molar-refractivity contribution in [1.82, 2.24) is 10.1 Å². The molecule has 0 atom stereocenters. The standard InChI is InChI=1S/C10H8BrN3O2/c1-6-12-10(16-14-6)13-9(15)7-4-2-3-5-8(7)11/h2-5H,1H3,(H,12,13,14,15). The van der Waals surface area contributed by atoms with Crippen LogP contribution in [0.25, 0.3) is 0 Å². The van der Waals surface area contributed by atoms with Crippen LogP contribution in [0.1, 0.15) is 16.2 Å². The first kappa shape index (κ1) is 10.8. The molecule has 1 aromatic heterocycles. The minimum Gasteiger partial charge on any atom is -0.315 e. The molecule has 0 unspecified atom stereocenters. The highest BCUT2D eigenvalue weighted by Crippen LogP contribution is 2.17. The molecule has 0 aliphatic carbocycles. The number of aromatic nitrogens is 2. The number of aryl methyl sites for hydroxylation is 1. The van der Waals surface area contributed by atoms with Crippen molar-refractivity contribution in [1.29, 1.82) is 0 Å². The lowest BCUT2D eigenvalue weighted by molar-refractivity contribution is 0.102. The number of hydrogen-bond acceptors (Lipinski definition) is 4. The Balaban J connectivity index is 2.18. The summed E-state index contributed by atoms with van der Waals surface area (Å²) in [6, 6.07) is 7.19. The van der Waals surface area contributed by atoms with Crippen molar-refractivity contribution in [3.8, 4) is 0 Å². The smallest absolute Gasteiger partial charge is 0.315 e. The van der Waals surface area contributed by atoms with E-state index in [1.807, 2.05) is 6.07 Å². The Labute approximate surface area is 100.0 Å². The predicted octanol–water partition coefficient (Wildman–Crippen LogP) is 2.39. The number of nitrogens with one attached hydrogen (secondary N) is 1. The van der Waals surface area contributed by atoms with Crippen LogP contribution in [0.3, 0.4) is 0 Å². The van der Waals surface area contributed by atoms with Crippen LogP contribution in [0.5, 0.6) is 0 Å². The molecule has 0 radical (unpaired) electrons. The first-order chi connectivity index (χ1) is 7.66. The van der Waals surface area contributed by atoms with Crippen LogP contribution in [0, 0.1) is 6.92 Å². The average Bonchev–Trinajstić information content (AvgIpc) is 2.64. The number of nitrogens with zero attached hydrogens (tertiary/aromatic N) is 2. The summed E-state index contributed by atoms with van der Waals surface area (Å²) in [6.07, 6.45) is 0. The summed E-state index contributed by atoms with van der Waals surface area (Å²) in [5, 5.41) is 6.08. The predicted molar refractivity (Wildman–Crippen MR) is 61.1 cm³/mol. The third kappa shape index (κ3) is 2.27. The monoisotopic (exact) mass is 281 g/mol. The zero-order chi connectivity index (χ0) is 11.5. The molecule has 82 valence electrons. The van der Waals surface area contributed by atoms with Gasteiger partial charge in [0.1, 0.15) is 0 Å². The SMILES string of the molecule is Cc1noc(NC(=O)c2ccccc2Br)n1. The first-order valence-electron chi connectivity index (χ1n) is 4.53. The molecular formula is C10H8BrN3O2. The third-order valence-electron chi connectivity index (χ3n) is 1.87. The fourth-order valence-corrected chi connectivity index (χ4v) is 1.62. The minimum absolute atomic E-state index is 0.0956. The average molecular weight is 282 g/mol. The number of benzene rings is 1. The van der Waals surface area contributed by atoms with Gasteiger partial charge in [0.05, 0.1) is 5.56 Å². The summed E-state index contributed by atoms with van der Waals surface area (Å²) in [7, 11) is 0. The van der Waals surface area contributed by atoms with E-state index in [4.69, 9.17) is 4.52 Å². The molecule has 0 aliphatic heterocycles. The van der Waals surface area contributed by atoms with Gasteiger partial charge in [-0.3, -0.25) is 10.1 Å². The van der Waals surface area contributed by atoms with Gasteiger partial charge in [0, 0.05) is 4.47 Å². The van der Waals surface area contributed by atoms with Crippen LogP contribution in [-0.4, -0.2) is 16.0 Å². The van der Waals surface area contributed by atoms with Crippen molar-refractivity contribution in [2.24, 2.45) is 0 Å². The number of hydrogen-bond donors (Lipinski definition) is 1. The van der Waals surface area contributed by atoms with Gasteiger partial charge in [-0.05, 0) is 35.0 Å². The molecule has 0 aliphatic rings. The summed E-state index contributed by atoms with van der Waals surface area (Å²) in [5.74, 6) is 0.179. The number of carbonyl (C=O) groups excluding carboxylic acids is 1. The van der Waals surface area contributed by atoms with Gasteiger partial charge in [0.25, 0.3) is 5.91 Å². The Morgan fingerprint density at radius 1 is 1.44 bits per heavy atom. The van der Waals surface area contributed by atoms with Crippen LogP contribution < -0.4 is 5.32 Å². The maximum Gasteiger partial charge on any atom is 0.328 e.